The molecule has 0 bridgehead atoms. The van der Waals surface area contributed by atoms with E-state index in [-0.39, 0.29) is 6.17 Å². The van der Waals surface area contributed by atoms with Crippen molar-refractivity contribution < 1.29 is 18.9 Å². The van der Waals surface area contributed by atoms with Crippen LogP contribution in [0.5, 0.6) is 0 Å². The minimum atomic E-state index is -1.08. The van der Waals surface area contributed by atoms with Crippen molar-refractivity contribution in [1.29, 1.82) is 0 Å². The molecule has 0 unspecified atom stereocenters. The van der Waals surface area contributed by atoms with Gasteiger partial charge in [-0.15, -0.1) is 0 Å². The molecule has 11 heavy (non-hydrogen) atoms. The maximum atomic E-state index is 8.35. The van der Waals surface area contributed by atoms with Crippen LogP contribution in [0.2, 0.25) is 5.28 Å². The van der Waals surface area contributed by atoms with Gasteiger partial charge >= 0.3 is 39.2 Å². The van der Waals surface area contributed by atoms with Crippen LogP contribution in [0.15, 0.2) is 0 Å². The summed E-state index contributed by atoms with van der Waals surface area (Å²) in [7, 11) is -2.17. The molecule has 0 atom stereocenters. The zero-order valence-electron chi connectivity index (χ0n) is 5.54. The summed E-state index contributed by atoms with van der Waals surface area (Å²) in [5.74, 6) is 0. The van der Waals surface area contributed by atoms with Crippen molar-refractivity contribution in [2.45, 2.75) is 11.4 Å². The van der Waals surface area contributed by atoms with Crippen LogP contribution in [-0.4, -0.2) is 22.5 Å². The van der Waals surface area contributed by atoms with Gasteiger partial charge in [0.25, 0.3) is 0 Å². The van der Waals surface area contributed by atoms with Crippen molar-refractivity contribution in [3.05, 3.63) is 0 Å². The van der Waals surface area contributed by atoms with Crippen molar-refractivity contribution in [2.24, 2.45) is 11.5 Å². The molecule has 0 aliphatic carbocycles. The molecular formula is C2H7AlN2O4P2. The molecule has 0 amide bonds. The zero-order chi connectivity index (χ0) is 9.70. The molecule has 0 saturated heterocycles. The minimum Gasteiger partial charge on any atom is -0.772 e. The molecule has 0 aromatic heterocycles. The van der Waals surface area contributed by atoms with Crippen LogP contribution in [-0.2, 0) is 9.13 Å². The van der Waals surface area contributed by atoms with Crippen LogP contribution in [0.25, 0.3) is 0 Å². The fourth-order valence-corrected chi connectivity index (χ4v) is 0. The average Bonchev–Trinajstić information content (AvgIpc) is 1.91. The minimum absolute atomic E-state index is 0.153. The fraction of sp³-hybridized carbons (Fsp3) is 1.00. The number of hydrogen-bond acceptors (Lipinski definition) is 6. The van der Waals surface area contributed by atoms with E-state index in [0.29, 0.717) is 0 Å². The number of hydrogen-bond donors (Lipinski definition) is 2. The first-order valence-corrected chi connectivity index (χ1v) is 4.49. The fourth-order valence-electron chi connectivity index (χ4n) is 0. The molecule has 62 valence electrons. The van der Waals surface area contributed by atoms with E-state index in [1.165, 1.54) is 0 Å². The van der Waals surface area contributed by atoms with E-state index in [4.69, 9.17) is 30.4 Å². The topological polar surface area (TPSA) is 132 Å². The summed E-state index contributed by atoms with van der Waals surface area (Å²) in [5.41, 5.74) is 10.1. The molecule has 0 aliphatic rings. The number of nitrogens with two attached hydrogens (primary N) is 2. The summed E-state index contributed by atoms with van der Waals surface area (Å²) < 4.78 is 16.7. The van der Waals surface area contributed by atoms with Gasteiger partial charge in [-0.05, 0) is 0 Å². The summed E-state index contributed by atoms with van der Waals surface area (Å²) in [6, 6.07) is 0. The Hall–Kier alpha value is 0.572. The van der Waals surface area contributed by atoms with E-state index in [1.54, 1.807) is 0 Å². The molecule has 0 spiro atoms. The van der Waals surface area contributed by atoms with E-state index < -0.39 is 17.4 Å². The van der Waals surface area contributed by atoms with E-state index in [1.807, 2.05) is 0 Å². The second-order valence-electron chi connectivity index (χ2n) is 1.05. The molecule has 6 nitrogen and oxygen atoms in total. The summed E-state index contributed by atoms with van der Waals surface area (Å²) in [6.07, 6.45) is -0.153. The van der Waals surface area contributed by atoms with Gasteiger partial charge in [-0.25, -0.2) is 0 Å². The second-order valence-corrected chi connectivity index (χ2v) is 1.82. The van der Waals surface area contributed by atoms with Crippen molar-refractivity contribution in [3.8, 4) is 0 Å². The Morgan fingerprint density at radius 3 is 1.36 bits per heavy atom. The summed E-state index contributed by atoms with van der Waals surface area (Å²) in [5, 5.41) is 0.778. The molecule has 0 aliphatic heterocycles. The predicted octanol–water partition coefficient (Wildman–Crippen LogP) is -2.08. The van der Waals surface area contributed by atoms with Gasteiger partial charge in [0.1, 0.15) is 0 Å². The third-order valence-electron chi connectivity index (χ3n) is 0.272. The Balaban J connectivity index is -0.0000000933. The molecule has 0 saturated carbocycles. The standard InChI is InChI=1S/C2H7N2.Al.2HO2P/c1-2(3)4;;2*1-3-2/h2H,1,3-4H2;;2*(H,1,2)/q;+2;;/p-2. The van der Waals surface area contributed by atoms with Crippen LogP contribution in [0.4, 0.5) is 0 Å². The molecule has 9 heteroatoms. The second kappa shape index (κ2) is 22.4. The largest absolute Gasteiger partial charge is 0.772 e. The molecule has 0 radical (unpaired) electrons. The molecule has 0 fully saturated rings. The van der Waals surface area contributed by atoms with Gasteiger partial charge in [0, 0.05) is 0 Å². The van der Waals surface area contributed by atoms with Crippen molar-refractivity contribution in [3.63, 3.8) is 0 Å². The zero-order valence-corrected chi connectivity index (χ0v) is 8.49. The quantitative estimate of drug-likeness (QED) is 0.291. The van der Waals surface area contributed by atoms with E-state index in [9.17, 15) is 0 Å². The van der Waals surface area contributed by atoms with Gasteiger partial charge in [0.2, 0.25) is 0 Å². The maximum absolute atomic E-state index is 8.35. The Morgan fingerprint density at radius 2 is 1.36 bits per heavy atom. The SMILES string of the molecule is NC(N)[CH2][Al+2].O=P[O-].O=P[O-]. The number of rotatable bonds is 1. The Labute approximate surface area is 76.0 Å². The predicted molar refractivity (Wildman–Crippen MR) is 37.9 cm³/mol. The first kappa shape index (κ1) is 17.6. The van der Waals surface area contributed by atoms with Gasteiger partial charge in [0.15, 0.2) is 0 Å². The van der Waals surface area contributed by atoms with E-state index in [2.05, 4.69) is 16.3 Å². The van der Waals surface area contributed by atoms with Crippen LogP contribution < -0.4 is 21.3 Å². The smallest absolute Gasteiger partial charge is 0.0642 e. The molecule has 0 aromatic carbocycles. The summed E-state index contributed by atoms with van der Waals surface area (Å²) in [6.45, 7) is 0. The van der Waals surface area contributed by atoms with Crippen molar-refractivity contribution in [2.75, 3.05) is 0 Å². The summed E-state index contributed by atoms with van der Waals surface area (Å²) >= 11 is 2.44. The van der Waals surface area contributed by atoms with E-state index >= 15 is 0 Å². The third-order valence-corrected chi connectivity index (χ3v) is 0.816. The first-order chi connectivity index (χ1) is 5.10. The Morgan fingerprint density at radius 1 is 1.27 bits per heavy atom. The van der Waals surface area contributed by atoms with Crippen LogP contribution in [0.3, 0.4) is 0 Å². The molecular weight excluding hydrogens is 205 g/mol. The van der Waals surface area contributed by atoms with Gasteiger partial charge in [-0.2, -0.15) is 0 Å². The molecule has 4 N–H and O–H groups in total. The van der Waals surface area contributed by atoms with Crippen LogP contribution >= 0.6 is 17.4 Å². The normalized spacial score (nSPS) is 8.27. The molecule has 0 rings (SSSR count). The molecule has 0 aromatic rings. The molecule has 0 heterocycles. The summed E-state index contributed by atoms with van der Waals surface area (Å²) in [4.78, 5) is 16.7. The first-order valence-electron chi connectivity index (χ1n) is 2.21. The van der Waals surface area contributed by atoms with Gasteiger partial charge in [0.05, 0.1) is 17.4 Å². The Kier molecular flexibility index (Phi) is 35.9. The van der Waals surface area contributed by atoms with Crippen LogP contribution in [0.1, 0.15) is 0 Å². The van der Waals surface area contributed by atoms with Gasteiger partial charge in [-0.1, -0.05) is 0 Å². The Bertz CT molecular complexity index is 78.5. The monoisotopic (exact) mass is 212 g/mol. The maximum Gasteiger partial charge on any atom is 0.0642 e. The van der Waals surface area contributed by atoms with E-state index in [0.717, 1.165) is 5.28 Å². The van der Waals surface area contributed by atoms with Crippen LogP contribution in [0, 0.1) is 0 Å². The third kappa shape index (κ3) is 117. The van der Waals surface area contributed by atoms with Crippen molar-refractivity contribution in [1.82, 2.24) is 0 Å². The average molecular weight is 212 g/mol. The van der Waals surface area contributed by atoms with Gasteiger partial charge in [-0.3, -0.25) is 9.13 Å². The van der Waals surface area contributed by atoms with Crippen molar-refractivity contribution >= 4 is 33.7 Å². The van der Waals surface area contributed by atoms with Gasteiger partial charge < -0.3 is 9.79 Å².